The molecule has 0 radical (unpaired) electrons. The third-order valence-electron chi connectivity index (χ3n) is 4.05. The van der Waals surface area contributed by atoms with Crippen molar-refractivity contribution in [2.75, 3.05) is 6.54 Å². The van der Waals surface area contributed by atoms with Gasteiger partial charge in [0.2, 0.25) is 0 Å². The fraction of sp³-hybridized carbons (Fsp3) is 0.625. The van der Waals surface area contributed by atoms with Crippen molar-refractivity contribution in [1.82, 2.24) is 5.32 Å². The topological polar surface area (TPSA) is 55.2 Å². The van der Waals surface area contributed by atoms with Crippen molar-refractivity contribution in [1.29, 1.82) is 0 Å². The Morgan fingerprint density at radius 3 is 2.86 bits per heavy atom. The summed E-state index contributed by atoms with van der Waals surface area (Å²) in [5.41, 5.74) is 0.231. The Labute approximate surface area is 130 Å². The predicted octanol–water partition coefficient (Wildman–Crippen LogP) is 4.24. The van der Waals surface area contributed by atoms with Crippen molar-refractivity contribution in [3.05, 3.63) is 34.4 Å². The number of benzene rings is 1. The molecule has 5 heteroatoms. The highest BCUT2D eigenvalue weighted by Gasteiger charge is 2.30. The summed E-state index contributed by atoms with van der Waals surface area (Å²) in [5, 5.41) is 15.2. The minimum Gasteiger partial charge on any atom is -0.313 e. The van der Waals surface area contributed by atoms with Crippen molar-refractivity contribution in [2.45, 2.75) is 55.7 Å². The molecule has 1 aliphatic rings. The van der Waals surface area contributed by atoms with E-state index in [0.29, 0.717) is 17.2 Å². The van der Waals surface area contributed by atoms with Crippen LogP contribution in [0, 0.1) is 16.0 Å². The molecular weight excluding hydrogens is 284 g/mol. The lowest BCUT2D eigenvalue weighted by Gasteiger charge is -2.35. The van der Waals surface area contributed by atoms with Crippen molar-refractivity contribution in [2.24, 2.45) is 5.92 Å². The molecule has 0 saturated heterocycles. The fourth-order valence-corrected chi connectivity index (χ4v) is 4.46. The molecule has 116 valence electrons. The smallest absolute Gasteiger partial charge is 0.282 e. The summed E-state index contributed by atoms with van der Waals surface area (Å²) in [4.78, 5) is 11.7. The first kappa shape index (κ1) is 16.3. The van der Waals surface area contributed by atoms with E-state index in [1.807, 2.05) is 12.1 Å². The normalized spacial score (nSPS) is 25.7. The van der Waals surface area contributed by atoms with Gasteiger partial charge in [0.1, 0.15) is 0 Å². The molecule has 3 unspecified atom stereocenters. The van der Waals surface area contributed by atoms with Crippen LogP contribution in [0.2, 0.25) is 0 Å². The van der Waals surface area contributed by atoms with E-state index in [2.05, 4.69) is 19.2 Å². The summed E-state index contributed by atoms with van der Waals surface area (Å²) in [6.07, 6.45) is 4.65. The third kappa shape index (κ3) is 4.45. The standard InChI is InChI=1S/C16H24N2O2S/c1-3-10-17-13-9-8-12(2)11-16(13)21-15-7-5-4-6-14(15)18(19)20/h4-7,12-13,16-17H,3,8-11H2,1-2H3. The summed E-state index contributed by atoms with van der Waals surface area (Å²) >= 11 is 1.68. The second kappa shape index (κ2) is 7.80. The number of nitro benzene ring substituents is 1. The van der Waals surface area contributed by atoms with Crippen molar-refractivity contribution >= 4 is 17.4 Å². The number of para-hydroxylation sites is 1. The molecule has 0 aliphatic heterocycles. The number of hydrogen-bond acceptors (Lipinski definition) is 4. The van der Waals surface area contributed by atoms with Crippen LogP contribution in [-0.4, -0.2) is 22.8 Å². The van der Waals surface area contributed by atoms with Crippen molar-refractivity contribution in [3.63, 3.8) is 0 Å². The van der Waals surface area contributed by atoms with Gasteiger partial charge in [0.25, 0.3) is 5.69 Å². The highest BCUT2D eigenvalue weighted by atomic mass is 32.2. The maximum Gasteiger partial charge on any atom is 0.282 e. The summed E-state index contributed by atoms with van der Waals surface area (Å²) < 4.78 is 0. The average molecular weight is 308 g/mol. The minimum absolute atomic E-state index is 0.231. The lowest BCUT2D eigenvalue weighted by atomic mass is 9.87. The zero-order chi connectivity index (χ0) is 15.2. The molecule has 1 N–H and O–H groups in total. The molecule has 1 aromatic rings. The maximum atomic E-state index is 11.2. The van der Waals surface area contributed by atoms with Crippen LogP contribution in [0.1, 0.15) is 39.5 Å². The zero-order valence-electron chi connectivity index (χ0n) is 12.7. The van der Waals surface area contributed by atoms with Crippen LogP contribution in [-0.2, 0) is 0 Å². The van der Waals surface area contributed by atoms with Gasteiger partial charge in [-0.25, -0.2) is 0 Å². The van der Waals surface area contributed by atoms with E-state index in [1.54, 1.807) is 23.9 Å². The summed E-state index contributed by atoms with van der Waals surface area (Å²) in [7, 11) is 0. The number of nitro groups is 1. The van der Waals surface area contributed by atoms with Gasteiger partial charge in [-0.1, -0.05) is 26.0 Å². The van der Waals surface area contributed by atoms with Gasteiger partial charge in [-0.15, -0.1) is 11.8 Å². The molecule has 0 bridgehead atoms. The van der Waals surface area contributed by atoms with E-state index < -0.39 is 0 Å². The maximum absolute atomic E-state index is 11.2. The van der Waals surface area contributed by atoms with Crippen LogP contribution in [0.3, 0.4) is 0 Å². The fourth-order valence-electron chi connectivity index (χ4n) is 2.89. The lowest BCUT2D eigenvalue weighted by molar-refractivity contribution is -0.387. The number of rotatable bonds is 6. The minimum atomic E-state index is -0.275. The average Bonchev–Trinajstić information content (AvgIpc) is 2.47. The first-order valence-electron chi connectivity index (χ1n) is 7.75. The van der Waals surface area contributed by atoms with E-state index in [9.17, 15) is 10.1 Å². The van der Waals surface area contributed by atoms with Gasteiger partial charge in [0, 0.05) is 17.4 Å². The highest BCUT2D eigenvalue weighted by Crippen LogP contribution is 2.39. The first-order chi connectivity index (χ1) is 10.1. The van der Waals surface area contributed by atoms with Gasteiger partial charge in [-0.05, 0) is 44.2 Å². The van der Waals surface area contributed by atoms with Crippen molar-refractivity contribution in [3.8, 4) is 0 Å². The van der Waals surface area contributed by atoms with Crippen LogP contribution in [0.15, 0.2) is 29.2 Å². The molecule has 3 atom stereocenters. The van der Waals surface area contributed by atoms with Gasteiger partial charge in [0.05, 0.1) is 9.82 Å². The number of nitrogens with one attached hydrogen (secondary N) is 1. The van der Waals surface area contributed by atoms with Crippen LogP contribution in [0.5, 0.6) is 0 Å². The molecule has 1 saturated carbocycles. The third-order valence-corrected chi connectivity index (χ3v) is 5.47. The molecule has 1 aromatic carbocycles. The van der Waals surface area contributed by atoms with Crippen LogP contribution in [0.25, 0.3) is 0 Å². The molecule has 2 rings (SSSR count). The van der Waals surface area contributed by atoms with E-state index >= 15 is 0 Å². The Hall–Kier alpha value is -1.07. The van der Waals surface area contributed by atoms with Crippen LogP contribution < -0.4 is 5.32 Å². The summed E-state index contributed by atoms with van der Waals surface area (Å²) in [5.74, 6) is 0.699. The molecule has 0 aromatic heterocycles. The molecule has 1 aliphatic carbocycles. The van der Waals surface area contributed by atoms with Crippen molar-refractivity contribution < 1.29 is 4.92 Å². The van der Waals surface area contributed by atoms with E-state index in [4.69, 9.17) is 0 Å². The van der Waals surface area contributed by atoms with Crippen LogP contribution in [0.4, 0.5) is 5.69 Å². The molecule has 1 fully saturated rings. The predicted molar refractivity (Wildman–Crippen MR) is 87.8 cm³/mol. The quantitative estimate of drug-likeness (QED) is 0.630. The van der Waals surface area contributed by atoms with Gasteiger partial charge < -0.3 is 5.32 Å². The molecule has 21 heavy (non-hydrogen) atoms. The lowest BCUT2D eigenvalue weighted by Crippen LogP contribution is -2.42. The Morgan fingerprint density at radius 1 is 1.38 bits per heavy atom. The molecule has 4 nitrogen and oxygen atoms in total. The Bertz CT molecular complexity index is 479. The Kier molecular flexibility index (Phi) is 6.06. The van der Waals surface area contributed by atoms with Gasteiger partial charge in [-0.2, -0.15) is 0 Å². The second-order valence-electron chi connectivity index (χ2n) is 5.86. The second-order valence-corrected chi connectivity index (χ2v) is 7.14. The van der Waals surface area contributed by atoms with Gasteiger partial charge in [-0.3, -0.25) is 10.1 Å². The Morgan fingerprint density at radius 2 is 2.14 bits per heavy atom. The van der Waals surface area contributed by atoms with E-state index in [-0.39, 0.29) is 10.6 Å². The van der Waals surface area contributed by atoms with Gasteiger partial charge in [0.15, 0.2) is 0 Å². The SMILES string of the molecule is CCCNC1CCC(C)CC1Sc1ccccc1[N+](=O)[O-]. The Balaban J connectivity index is 2.12. The monoisotopic (exact) mass is 308 g/mol. The number of thioether (sulfide) groups is 1. The highest BCUT2D eigenvalue weighted by molar-refractivity contribution is 8.00. The summed E-state index contributed by atoms with van der Waals surface area (Å²) in [6, 6.07) is 7.56. The molecule has 0 spiro atoms. The molecule has 0 amide bonds. The number of nitrogens with zero attached hydrogens (tertiary/aromatic N) is 1. The van der Waals surface area contributed by atoms with Crippen LogP contribution >= 0.6 is 11.8 Å². The van der Waals surface area contributed by atoms with E-state index in [0.717, 1.165) is 24.3 Å². The van der Waals surface area contributed by atoms with Gasteiger partial charge >= 0.3 is 0 Å². The molecular formula is C16H24N2O2S. The number of hydrogen-bond donors (Lipinski definition) is 1. The summed E-state index contributed by atoms with van der Waals surface area (Å²) in [6.45, 7) is 5.47. The zero-order valence-corrected chi connectivity index (χ0v) is 13.6. The van der Waals surface area contributed by atoms with E-state index in [1.165, 1.54) is 12.8 Å². The first-order valence-corrected chi connectivity index (χ1v) is 8.63. The molecule has 0 heterocycles. The largest absolute Gasteiger partial charge is 0.313 e.